The van der Waals surface area contributed by atoms with Crippen molar-refractivity contribution in [1.29, 1.82) is 0 Å². The Morgan fingerprint density at radius 3 is 2.17 bits per heavy atom. The summed E-state index contributed by atoms with van der Waals surface area (Å²) in [5.74, 6) is -0.568. The quantitative estimate of drug-likeness (QED) is 0.140. The first-order chi connectivity index (χ1) is 22.2. The molecule has 48 heavy (non-hydrogen) atoms. The fourth-order valence-corrected chi connectivity index (χ4v) is 12.5. The molecule has 17 atom stereocenters. The lowest BCUT2D eigenvalue weighted by Gasteiger charge is -2.70. The Balaban J connectivity index is 1.23. The second-order valence-corrected chi connectivity index (χ2v) is 18.0. The van der Waals surface area contributed by atoms with Gasteiger partial charge in [-0.1, -0.05) is 27.7 Å². The van der Waals surface area contributed by atoms with E-state index in [0.717, 1.165) is 38.5 Å². The molecule has 0 radical (unpaired) electrons. The SMILES string of the molecule is CC(C)(O)[C@H](O)[C@H]1C[C@](O)([C@H]2CC[C@]3(C)[C@@H]2CC[C@@H]2[C@@]4(C)CC[C@H](O[C@@H]5O[C@H](CO)[C@@H](O)[C@H](O)[C@H]5O)[C@](C)(CO)[C@@H]4CC[C@]23C)C(=O)O1. The molecule has 2 heterocycles. The van der Waals surface area contributed by atoms with Crippen molar-refractivity contribution in [3.63, 3.8) is 0 Å². The van der Waals surface area contributed by atoms with Crippen LogP contribution in [-0.2, 0) is 19.0 Å². The van der Waals surface area contributed by atoms with Crippen LogP contribution in [0.4, 0.5) is 0 Å². The summed E-state index contributed by atoms with van der Waals surface area (Å²) in [5.41, 5.74) is -4.33. The predicted molar refractivity (Wildman–Crippen MR) is 171 cm³/mol. The normalized spacial score (nSPS) is 54.6. The lowest BCUT2D eigenvalue weighted by molar-refractivity contribution is -0.334. The summed E-state index contributed by atoms with van der Waals surface area (Å²) >= 11 is 0. The van der Waals surface area contributed by atoms with Gasteiger partial charge in [0.1, 0.15) is 36.6 Å². The molecule has 0 bridgehead atoms. The molecule has 2 saturated heterocycles. The molecule has 8 N–H and O–H groups in total. The molecule has 0 spiro atoms. The minimum atomic E-state index is -1.72. The molecule has 6 fully saturated rings. The van der Waals surface area contributed by atoms with Crippen LogP contribution in [0.3, 0.4) is 0 Å². The van der Waals surface area contributed by atoms with Gasteiger partial charge in [0.15, 0.2) is 11.9 Å². The number of carbonyl (C=O) groups is 1. The molecule has 4 aliphatic carbocycles. The summed E-state index contributed by atoms with van der Waals surface area (Å²) in [5, 5.41) is 85.1. The third kappa shape index (κ3) is 5.10. The van der Waals surface area contributed by atoms with E-state index in [1.54, 1.807) is 0 Å². The van der Waals surface area contributed by atoms with Gasteiger partial charge in [0.25, 0.3) is 0 Å². The maximum Gasteiger partial charge on any atom is 0.338 e. The average molecular weight is 685 g/mol. The summed E-state index contributed by atoms with van der Waals surface area (Å²) in [6, 6.07) is 0. The molecule has 12 nitrogen and oxygen atoms in total. The van der Waals surface area contributed by atoms with Crippen LogP contribution in [0, 0.1) is 45.3 Å². The summed E-state index contributed by atoms with van der Waals surface area (Å²) in [6.07, 6.45) is -3.34. The van der Waals surface area contributed by atoms with Crippen molar-refractivity contribution in [2.75, 3.05) is 13.2 Å². The van der Waals surface area contributed by atoms with Gasteiger partial charge in [0.2, 0.25) is 0 Å². The number of cyclic esters (lactones) is 1. The number of hydrogen-bond acceptors (Lipinski definition) is 12. The molecular formula is C36H60O12. The Hall–Kier alpha value is -0.930. The van der Waals surface area contributed by atoms with Gasteiger partial charge in [-0.15, -0.1) is 0 Å². The number of fused-ring (bicyclic) bond motifs is 5. The van der Waals surface area contributed by atoms with E-state index in [1.165, 1.54) is 13.8 Å². The maximum atomic E-state index is 13.3. The van der Waals surface area contributed by atoms with Gasteiger partial charge in [-0.3, -0.25) is 0 Å². The van der Waals surface area contributed by atoms with Crippen LogP contribution in [0.15, 0.2) is 0 Å². The number of rotatable bonds is 7. The van der Waals surface area contributed by atoms with E-state index in [0.29, 0.717) is 18.8 Å². The minimum absolute atomic E-state index is 0.0428. The highest BCUT2D eigenvalue weighted by atomic mass is 16.7. The highest BCUT2D eigenvalue weighted by molar-refractivity contribution is 5.82. The van der Waals surface area contributed by atoms with Gasteiger partial charge in [-0.2, -0.15) is 0 Å². The second-order valence-electron chi connectivity index (χ2n) is 18.0. The van der Waals surface area contributed by atoms with E-state index in [1.807, 2.05) is 6.92 Å². The Labute approximate surface area is 283 Å². The van der Waals surface area contributed by atoms with Crippen LogP contribution in [0.2, 0.25) is 0 Å². The van der Waals surface area contributed by atoms with Gasteiger partial charge >= 0.3 is 5.97 Å². The van der Waals surface area contributed by atoms with E-state index in [9.17, 15) is 45.6 Å². The average Bonchev–Trinajstić information content (AvgIpc) is 3.54. The van der Waals surface area contributed by atoms with Crippen LogP contribution in [0.25, 0.3) is 0 Å². The summed E-state index contributed by atoms with van der Waals surface area (Å²) in [6.45, 7) is 11.3. The van der Waals surface area contributed by atoms with Gasteiger partial charge in [0.05, 0.1) is 24.9 Å². The van der Waals surface area contributed by atoms with E-state index in [2.05, 4.69) is 20.8 Å². The zero-order valence-corrected chi connectivity index (χ0v) is 29.4. The molecule has 4 saturated carbocycles. The molecule has 0 aromatic heterocycles. The Morgan fingerprint density at radius 1 is 0.875 bits per heavy atom. The Bertz CT molecular complexity index is 1220. The van der Waals surface area contributed by atoms with Crippen molar-refractivity contribution in [3.05, 3.63) is 0 Å². The van der Waals surface area contributed by atoms with Crippen molar-refractivity contribution in [3.8, 4) is 0 Å². The standard InChI is InChI=1S/C36H60O12/c1-31(2,44)28(42)20-15-36(45,30(43)47-20)19-9-13-34(5)18(19)7-8-23-32(3)12-11-24(33(4,17-38)22(32)10-14-35(23,34)6)48-29-27(41)26(40)25(39)21(16-37)46-29/h18-29,37-42,44-45H,7-17H2,1-6H3/t18-,19+,20-,21-,22-,23-,24+,25-,26+,27-,28-,29+,32+,33-,34-,35-,36+/m1/s1. The monoisotopic (exact) mass is 684 g/mol. The number of aliphatic hydroxyl groups excluding tert-OH is 6. The maximum absolute atomic E-state index is 13.3. The largest absolute Gasteiger partial charge is 0.457 e. The molecule has 0 amide bonds. The van der Waals surface area contributed by atoms with Crippen LogP contribution >= 0.6 is 0 Å². The third-order valence-electron chi connectivity index (χ3n) is 15.4. The molecule has 0 unspecified atom stereocenters. The molecule has 0 aromatic carbocycles. The third-order valence-corrected chi connectivity index (χ3v) is 15.4. The molecule has 6 rings (SSSR count). The van der Waals surface area contributed by atoms with E-state index in [4.69, 9.17) is 14.2 Å². The van der Waals surface area contributed by atoms with Gasteiger partial charge in [0, 0.05) is 17.8 Å². The highest BCUT2D eigenvalue weighted by Crippen LogP contribution is 2.76. The van der Waals surface area contributed by atoms with Crippen LogP contribution in [0.5, 0.6) is 0 Å². The molecule has 12 heteroatoms. The molecular weight excluding hydrogens is 624 g/mol. The van der Waals surface area contributed by atoms with Crippen LogP contribution < -0.4 is 0 Å². The molecule has 2 aliphatic heterocycles. The topological polar surface area (TPSA) is 207 Å². The van der Waals surface area contributed by atoms with Crippen molar-refractivity contribution in [2.24, 2.45) is 45.3 Å². The van der Waals surface area contributed by atoms with Gasteiger partial charge in [-0.25, -0.2) is 4.79 Å². The minimum Gasteiger partial charge on any atom is -0.457 e. The smallest absolute Gasteiger partial charge is 0.338 e. The molecule has 0 aromatic rings. The van der Waals surface area contributed by atoms with Crippen molar-refractivity contribution in [1.82, 2.24) is 0 Å². The zero-order chi connectivity index (χ0) is 35.4. The summed E-state index contributed by atoms with van der Waals surface area (Å²) < 4.78 is 17.6. The fourth-order valence-electron chi connectivity index (χ4n) is 12.5. The second kappa shape index (κ2) is 12.1. The number of esters is 1. The van der Waals surface area contributed by atoms with E-state index >= 15 is 0 Å². The number of aliphatic hydroxyl groups is 8. The van der Waals surface area contributed by atoms with E-state index < -0.39 is 78.2 Å². The number of hydrogen-bond donors (Lipinski definition) is 8. The number of ether oxygens (including phenoxy) is 3. The Morgan fingerprint density at radius 2 is 1.54 bits per heavy atom. The van der Waals surface area contributed by atoms with Gasteiger partial charge < -0.3 is 55.1 Å². The first kappa shape index (κ1) is 36.8. The van der Waals surface area contributed by atoms with Crippen molar-refractivity contribution in [2.45, 2.75) is 160 Å². The molecule has 6 aliphatic rings. The first-order valence-corrected chi connectivity index (χ1v) is 18.1. The Kier molecular flexibility index (Phi) is 9.26. The van der Waals surface area contributed by atoms with Crippen LogP contribution in [0.1, 0.15) is 99.3 Å². The summed E-state index contributed by atoms with van der Waals surface area (Å²) in [4.78, 5) is 13.3. The first-order valence-electron chi connectivity index (χ1n) is 18.1. The predicted octanol–water partition coefficient (Wildman–Crippen LogP) is 1.01. The van der Waals surface area contributed by atoms with Crippen molar-refractivity contribution < 1.29 is 59.9 Å². The molecule has 276 valence electrons. The fraction of sp³-hybridized carbons (Fsp3) is 0.972. The van der Waals surface area contributed by atoms with Crippen LogP contribution in [-0.4, -0.2) is 120 Å². The van der Waals surface area contributed by atoms with Gasteiger partial charge in [-0.05, 0) is 99.2 Å². The van der Waals surface area contributed by atoms with E-state index in [-0.39, 0.29) is 47.0 Å². The van der Waals surface area contributed by atoms with Crippen molar-refractivity contribution >= 4 is 5.97 Å². The lowest BCUT2D eigenvalue weighted by Crippen LogP contribution is -2.66. The summed E-state index contributed by atoms with van der Waals surface area (Å²) in [7, 11) is 0. The number of carbonyl (C=O) groups excluding carboxylic acids is 1. The zero-order valence-electron chi connectivity index (χ0n) is 29.4. The highest BCUT2D eigenvalue weighted by Gasteiger charge is 2.72. The lowest BCUT2D eigenvalue weighted by atomic mass is 9.35.